The van der Waals surface area contributed by atoms with E-state index in [1.807, 2.05) is 0 Å². The summed E-state index contributed by atoms with van der Waals surface area (Å²) < 4.78 is 11.6. The molecule has 4 saturated heterocycles. The topological polar surface area (TPSA) is 41.9 Å². The predicted octanol–water partition coefficient (Wildman–Crippen LogP) is 1.03. The third-order valence-electron chi connectivity index (χ3n) is 6.07. The van der Waals surface area contributed by atoms with Crippen molar-refractivity contribution in [1.82, 2.24) is 4.90 Å². The van der Waals surface area contributed by atoms with Gasteiger partial charge in [0.15, 0.2) is 0 Å². The molecule has 2 bridgehead atoms. The lowest BCUT2D eigenvalue weighted by molar-refractivity contribution is -0.166. The molecule has 4 aliphatic rings. The molecule has 0 amide bonds. The minimum absolute atomic E-state index is 0.0750. The summed E-state index contributed by atoms with van der Waals surface area (Å²) in [7, 11) is 0. The molecule has 0 radical (unpaired) electrons. The number of nitrogens with zero attached hydrogens (tertiary/aromatic N) is 1. The zero-order chi connectivity index (χ0) is 12.9. The van der Waals surface area contributed by atoms with Crippen molar-refractivity contribution in [3.63, 3.8) is 0 Å². The molecule has 0 aromatic carbocycles. The Bertz CT molecular complexity index is 355. The molecule has 4 aliphatic heterocycles. The van der Waals surface area contributed by atoms with Crippen molar-refractivity contribution >= 4 is 0 Å². The first-order valence-electron chi connectivity index (χ1n) is 7.87. The van der Waals surface area contributed by atoms with E-state index in [0.29, 0.717) is 11.8 Å². The van der Waals surface area contributed by atoms with Crippen LogP contribution >= 0.6 is 0 Å². The predicted molar refractivity (Wildman–Crippen MR) is 71.0 cm³/mol. The number of fused-ring (bicyclic) bond motifs is 2. The summed E-state index contributed by atoms with van der Waals surface area (Å²) in [6.45, 7) is 5.72. The Balaban J connectivity index is 1.54. The SMILES string of the molecule is OC1(C2CCOC3(CCOC3)C2)CCN2CCC1C2. The lowest BCUT2D eigenvalue weighted by Crippen LogP contribution is -2.55. The van der Waals surface area contributed by atoms with Crippen LogP contribution < -0.4 is 0 Å². The second-order valence-corrected chi connectivity index (χ2v) is 7.05. The number of hydrogen-bond acceptors (Lipinski definition) is 4. The minimum Gasteiger partial charge on any atom is -0.389 e. The van der Waals surface area contributed by atoms with E-state index < -0.39 is 5.60 Å². The van der Waals surface area contributed by atoms with E-state index in [1.165, 1.54) is 13.0 Å². The number of rotatable bonds is 1. The third kappa shape index (κ3) is 1.96. The smallest absolute Gasteiger partial charge is 0.0940 e. The Labute approximate surface area is 115 Å². The Morgan fingerprint density at radius 2 is 2.00 bits per heavy atom. The van der Waals surface area contributed by atoms with E-state index in [4.69, 9.17) is 9.47 Å². The highest BCUT2D eigenvalue weighted by Gasteiger charge is 2.53. The van der Waals surface area contributed by atoms with Gasteiger partial charge in [-0.15, -0.1) is 0 Å². The van der Waals surface area contributed by atoms with Crippen molar-refractivity contribution in [2.75, 3.05) is 39.5 Å². The summed E-state index contributed by atoms with van der Waals surface area (Å²) in [4.78, 5) is 2.51. The van der Waals surface area contributed by atoms with Crippen LogP contribution in [0.2, 0.25) is 0 Å². The van der Waals surface area contributed by atoms with Crippen molar-refractivity contribution in [3.8, 4) is 0 Å². The van der Waals surface area contributed by atoms with Gasteiger partial charge in [0.1, 0.15) is 0 Å². The quantitative estimate of drug-likeness (QED) is 0.770. The fraction of sp³-hybridized carbons (Fsp3) is 1.00. The normalized spacial score (nSPS) is 53.8. The molecule has 0 aliphatic carbocycles. The van der Waals surface area contributed by atoms with Crippen LogP contribution in [0.5, 0.6) is 0 Å². The lowest BCUT2D eigenvalue weighted by Gasteiger charge is -2.49. The van der Waals surface area contributed by atoms with Gasteiger partial charge in [-0.1, -0.05) is 0 Å². The Morgan fingerprint density at radius 1 is 1.05 bits per heavy atom. The van der Waals surface area contributed by atoms with Crippen molar-refractivity contribution < 1.29 is 14.6 Å². The fourth-order valence-corrected chi connectivity index (χ4v) is 4.84. The second kappa shape index (κ2) is 4.42. The maximum Gasteiger partial charge on any atom is 0.0940 e. The van der Waals surface area contributed by atoms with Crippen LogP contribution in [0, 0.1) is 11.8 Å². The molecule has 4 fully saturated rings. The van der Waals surface area contributed by atoms with Gasteiger partial charge in [-0.2, -0.15) is 0 Å². The van der Waals surface area contributed by atoms with Crippen LogP contribution in [-0.2, 0) is 9.47 Å². The zero-order valence-corrected chi connectivity index (χ0v) is 11.6. The Morgan fingerprint density at radius 3 is 2.84 bits per heavy atom. The molecule has 4 nitrogen and oxygen atoms in total. The standard InChI is InChI=1S/C15H25NO3/c17-15(3-6-16-5-1-13(15)10-16)12-2-7-19-14(9-12)4-8-18-11-14/h12-13,17H,1-11H2. The number of ether oxygens (including phenoxy) is 2. The monoisotopic (exact) mass is 267 g/mol. The van der Waals surface area contributed by atoms with Crippen LogP contribution in [0.15, 0.2) is 0 Å². The van der Waals surface area contributed by atoms with Gasteiger partial charge in [0, 0.05) is 38.6 Å². The molecule has 19 heavy (non-hydrogen) atoms. The molecule has 5 atom stereocenters. The minimum atomic E-state index is -0.438. The van der Waals surface area contributed by atoms with E-state index in [0.717, 1.165) is 58.6 Å². The van der Waals surface area contributed by atoms with Crippen molar-refractivity contribution in [2.45, 2.75) is 43.3 Å². The summed E-state index contributed by atoms with van der Waals surface area (Å²) in [5.41, 5.74) is -0.513. The van der Waals surface area contributed by atoms with E-state index >= 15 is 0 Å². The number of aliphatic hydroxyl groups is 1. The molecule has 0 aromatic rings. The first-order valence-corrected chi connectivity index (χ1v) is 7.87. The van der Waals surface area contributed by atoms with E-state index in [-0.39, 0.29) is 5.60 Å². The van der Waals surface area contributed by atoms with Crippen LogP contribution in [-0.4, -0.2) is 60.7 Å². The molecule has 1 spiro atoms. The number of hydrogen-bond donors (Lipinski definition) is 1. The van der Waals surface area contributed by atoms with E-state index in [1.54, 1.807) is 0 Å². The van der Waals surface area contributed by atoms with Gasteiger partial charge in [0.05, 0.1) is 17.8 Å². The highest BCUT2D eigenvalue weighted by atomic mass is 16.6. The van der Waals surface area contributed by atoms with Crippen LogP contribution in [0.1, 0.15) is 32.1 Å². The van der Waals surface area contributed by atoms with Crippen molar-refractivity contribution in [1.29, 1.82) is 0 Å². The fourth-order valence-electron chi connectivity index (χ4n) is 4.84. The molecule has 4 heterocycles. The van der Waals surface area contributed by atoms with Gasteiger partial charge in [-0.25, -0.2) is 0 Å². The molecule has 5 unspecified atom stereocenters. The van der Waals surface area contributed by atoms with Crippen LogP contribution in [0.4, 0.5) is 0 Å². The van der Waals surface area contributed by atoms with Gasteiger partial charge < -0.3 is 19.5 Å². The molecule has 4 heteroatoms. The van der Waals surface area contributed by atoms with Gasteiger partial charge in [0.2, 0.25) is 0 Å². The number of piperidine rings is 1. The Kier molecular flexibility index (Phi) is 2.92. The molecular formula is C15H25NO3. The summed E-state index contributed by atoms with van der Waals surface area (Å²) in [6.07, 6.45) is 5.17. The zero-order valence-electron chi connectivity index (χ0n) is 11.6. The van der Waals surface area contributed by atoms with Crippen molar-refractivity contribution in [2.24, 2.45) is 11.8 Å². The van der Waals surface area contributed by atoms with E-state index in [2.05, 4.69) is 4.90 Å². The van der Waals surface area contributed by atoms with E-state index in [9.17, 15) is 5.11 Å². The maximum atomic E-state index is 11.3. The molecule has 0 saturated carbocycles. The summed E-state index contributed by atoms with van der Waals surface area (Å²) in [6, 6.07) is 0. The molecule has 108 valence electrons. The molecule has 4 rings (SSSR count). The summed E-state index contributed by atoms with van der Waals surface area (Å²) >= 11 is 0. The summed E-state index contributed by atoms with van der Waals surface area (Å²) in [5.74, 6) is 0.900. The lowest BCUT2D eigenvalue weighted by atomic mass is 9.67. The average molecular weight is 267 g/mol. The molecule has 1 N–H and O–H groups in total. The van der Waals surface area contributed by atoms with Crippen molar-refractivity contribution in [3.05, 3.63) is 0 Å². The highest BCUT2D eigenvalue weighted by molar-refractivity contribution is 5.04. The van der Waals surface area contributed by atoms with Crippen LogP contribution in [0.25, 0.3) is 0 Å². The third-order valence-corrected chi connectivity index (χ3v) is 6.07. The highest BCUT2D eigenvalue weighted by Crippen LogP contribution is 2.47. The molecule has 0 aromatic heterocycles. The van der Waals surface area contributed by atoms with Gasteiger partial charge in [-0.3, -0.25) is 0 Å². The second-order valence-electron chi connectivity index (χ2n) is 7.05. The summed E-state index contributed by atoms with van der Waals surface area (Å²) in [5, 5.41) is 11.3. The maximum absolute atomic E-state index is 11.3. The first kappa shape index (κ1) is 12.6. The first-order chi connectivity index (χ1) is 9.20. The van der Waals surface area contributed by atoms with Gasteiger partial charge in [-0.05, 0) is 38.1 Å². The van der Waals surface area contributed by atoms with Gasteiger partial charge >= 0.3 is 0 Å². The van der Waals surface area contributed by atoms with Gasteiger partial charge in [0.25, 0.3) is 0 Å². The average Bonchev–Trinajstić information content (AvgIpc) is 3.03. The van der Waals surface area contributed by atoms with Crippen LogP contribution in [0.3, 0.4) is 0 Å². The molecular weight excluding hydrogens is 242 g/mol. The largest absolute Gasteiger partial charge is 0.389 e. The Hall–Kier alpha value is -0.160.